The Morgan fingerprint density at radius 1 is 1.08 bits per heavy atom. The Hall–Kier alpha value is -3.13. The highest BCUT2D eigenvalue weighted by Crippen LogP contribution is 2.35. The van der Waals surface area contributed by atoms with Gasteiger partial charge >= 0.3 is 6.03 Å². The highest BCUT2D eigenvalue weighted by Gasteiger charge is 2.35. The van der Waals surface area contributed by atoms with Gasteiger partial charge in [-0.25, -0.2) is 9.69 Å². The van der Waals surface area contributed by atoms with Crippen molar-refractivity contribution in [3.8, 4) is 11.5 Å². The molecule has 0 atom stereocenters. The van der Waals surface area contributed by atoms with Crippen LogP contribution in [0.1, 0.15) is 23.6 Å². The number of carbonyl (C=O) groups is 3. The summed E-state index contributed by atoms with van der Waals surface area (Å²) in [6.07, 6.45) is 2.29. The van der Waals surface area contributed by atoms with Crippen LogP contribution in [-0.4, -0.2) is 36.4 Å². The second-order valence-electron chi connectivity index (χ2n) is 8.39. The standard InChI is InChI=1S/C28H25I2N3O5/c1-3-19-6-4-5-7-22(19)31-25(34)15-33-27(35)23(32-28(33)36)13-18-12-21(30)26(24(14-18)37-2)38-16-17-8-10-20(29)11-9-17/h4-14H,3,15-16H2,1-2H3,(H,31,34)(H,32,36)/b23-13+. The number of carbonyl (C=O) groups excluding carboxylic acids is 3. The highest BCUT2D eigenvalue weighted by atomic mass is 127. The minimum Gasteiger partial charge on any atom is -0.493 e. The Balaban J connectivity index is 1.47. The van der Waals surface area contributed by atoms with Crippen molar-refractivity contribution in [2.24, 2.45) is 0 Å². The van der Waals surface area contributed by atoms with Crippen molar-refractivity contribution in [3.63, 3.8) is 0 Å². The van der Waals surface area contributed by atoms with Crippen molar-refractivity contribution < 1.29 is 23.9 Å². The van der Waals surface area contributed by atoms with E-state index in [0.717, 1.165) is 29.6 Å². The van der Waals surface area contributed by atoms with E-state index >= 15 is 0 Å². The van der Waals surface area contributed by atoms with E-state index in [4.69, 9.17) is 9.47 Å². The minimum absolute atomic E-state index is 0.0715. The summed E-state index contributed by atoms with van der Waals surface area (Å²) < 4.78 is 13.5. The Morgan fingerprint density at radius 3 is 2.53 bits per heavy atom. The number of nitrogens with zero attached hydrogens (tertiary/aromatic N) is 1. The van der Waals surface area contributed by atoms with Crippen LogP contribution in [0.3, 0.4) is 0 Å². The van der Waals surface area contributed by atoms with Gasteiger partial charge in [-0.2, -0.15) is 0 Å². The lowest BCUT2D eigenvalue weighted by atomic mass is 10.1. The number of para-hydroxylation sites is 1. The summed E-state index contributed by atoms with van der Waals surface area (Å²) in [6, 6.07) is 18.4. The molecule has 0 bridgehead atoms. The van der Waals surface area contributed by atoms with E-state index in [9.17, 15) is 14.4 Å². The first-order valence-electron chi connectivity index (χ1n) is 11.8. The molecule has 0 spiro atoms. The maximum absolute atomic E-state index is 13.0. The lowest BCUT2D eigenvalue weighted by molar-refractivity contribution is -0.127. The fourth-order valence-electron chi connectivity index (χ4n) is 3.87. The Bertz CT molecular complexity index is 1410. The Kier molecular flexibility index (Phi) is 9.26. The molecular formula is C28H25I2N3O5. The van der Waals surface area contributed by atoms with Gasteiger partial charge in [-0.05, 0) is 105 Å². The van der Waals surface area contributed by atoms with E-state index in [-0.39, 0.29) is 5.70 Å². The van der Waals surface area contributed by atoms with E-state index in [1.807, 2.05) is 55.5 Å². The number of rotatable bonds is 9. The van der Waals surface area contributed by atoms with Crippen LogP contribution < -0.4 is 20.1 Å². The van der Waals surface area contributed by atoms with Crippen LogP contribution in [0, 0.1) is 7.14 Å². The van der Waals surface area contributed by atoms with Gasteiger partial charge in [-0.3, -0.25) is 9.59 Å². The zero-order valence-corrected chi connectivity index (χ0v) is 25.0. The van der Waals surface area contributed by atoms with E-state index in [0.29, 0.717) is 29.4 Å². The van der Waals surface area contributed by atoms with E-state index < -0.39 is 24.4 Å². The molecule has 1 saturated heterocycles. The van der Waals surface area contributed by atoms with Crippen molar-refractivity contribution in [1.82, 2.24) is 10.2 Å². The van der Waals surface area contributed by atoms with Gasteiger partial charge in [-0.1, -0.05) is 37.3 Å². The average Bonchev–Trinajstić information content (AvgIpc) is 3.16. The maximum Gasteiger partial charge on any atom is 0.329 e. The van der Waals surface area contributed by atoms with E-state index in [1.165, 1.54) is 0 Å². The van der Waals surface area contributed by atoms with Crippen molar-refractivity contribution in [3.05, 3.63) is 90.2 Å². The SMILES string of the molecule is CCc1ccccc1NC(=O)CN1C(=O)N/C(=C/c2cc(I)c(OCc3ccc(I)cc3)c(OC)c2)C1=O. The molecule has 1 aliphatic rings. The van der Waals surface area contributed by atoms with Crippen LogP contribution in [-0.2, 0) is 22.6 Å². The molecule has 0 aromatic heterocycles. The van der Waals surface area contributed by atoms with E-state index in [2.05, 4.69) is 55.8 Å². The molecule has 4 amide bonds. The number of hydrogen-bond donors (Lipinski definition) is 2. The molecule has 1 fully saturated rings. The average molecular weight is 737 g/mol. The first-order chi connectivity index (χ1) is 18.3. The number of urea groups is 1. The first kappa shape index (κ1) is 27.9. The Labute approximate surface area is 248 Å². The fraction of sp³-hybridized carbons (Fsp3) is 0.179. The number of benzene rings is 3. The van der Waals surface area contributed by atoms with Gasteiger partial charge < -0.3 is 20.1 Å². The minimum atomic E-state index is -0.653. The Morgan fingerprint density at radius 2 is 1.82 bits per heavy atom. The quantitative estimate of drug-likeness (QED) is 0.170. The first-order valence-corrected chi connectivity index (χ1v) is 13.9. The summed E-state index contributed by atoms with van der Waals surface area (Å²) in [5.74, 6) is 0.0431. The van der Waals surface area contributed by atoms with Crippen LogP contribution in [0.5, 0.6) is 11.5 Å². The maximum atomic E-state index is 13.0. The van der Waals surface area contributed by atoms with Gasteiger partial charge in [0.25, 0.3) is 5.91 Å². The van der Waals surface area contributed by atoms with Crippen LogP contribution in [0.25, 0.3) is 6.08 Å². The smallest absolute Gasteiger partial charge is 0.329 e. The van der Waals surface area contributed by atoms with Crippen LogP contribution in [0.15, 0.2) is 66.4 Å². The van der Waals surface area contributed by atoms with Crippen LogP contribution in [0.4, 0.5) is 10.5 Å². The van der Waals surface area contributed by atoms with Gasteiger partial charge in [-0.15, -0.1) is 0 Å². The number of nitrogens with one attached hydrogen (secondary N) is 2. The zero-order chi connectivity index (χ0) is 27.2. The van der Waals surface area contributed by atoms with Gasteiger partial charge in [0.05, 0.1) is 10.7 Å². The molecule has 0 aliphatic carbocycles. The second-order valence-corrected chi connectivity index (χ2v) is 10.8. The molecule has 1 heterocycles. The molecule has 10 heteroatoms. The molecule has 0 radical (unpaired) electrons. The molecule has 0 saturated carbocycles. The third-order valence-corrected chi connectivity index (χ3v) is 7.32. The summed E-state index contributed by atoms with van der Waals surface area (Å²) >= 11 is 4.40. The number of ether oxygens (including phenoxy) is 2. The summed E-state index contributed by atoms with van der Waals surface area (Å²) in [5, 5.41) is 5.35. The molecule has 4 rings (SSSR count). The normalized spacial score (nSPS) is 14.0. The van der Waals surface area contributed by atoms with Gasteiger partial charge in [0, 0.05) is 9.26 Å². The van der Waals surface area contributed by atoms with Crippen molar-refractivity contribution in [1.29, 1.82) is 0 Å². The highest BCUT2D eigenvalue weighted by molar-refractivity contribution is 14.1. The molecule has 196 valence electrons. The molecule has 38 heavy (non-hydrogen) atoms. The topological polar surface area (TPSA) is 97.0 Å². The van der Waals surface area contributed by atoms with Crippen molar-refractivity contribution >= 4 is 74.8 Å². The number of methoxy groups -OCH3 is 1. The molecule has 8 nitrogen and oxygen atoms in total. The molecule has 2 N–H and O–H groups in total. The lowest BCUT2D eigenvalue weighted by Gasteiger charge is -2.14. The number of halogens is 2. The van der Waals surface area contributed by atoms with Gasteiger partial charge in [0.2, 0.25) is 5.91 Å². The third kappa shape index (κ3) is 6.65. The number of hydrogen-bond acceptors (Lipinski definition) is 5. The summed E-state index contributed by atoms with van der Waals surface area (Å²) in [5.41, 5.74) is 3.36. The monoisotopic (exact) mass is 737 g/mol. The number of anilines is 1. The van der Waals surface area contributed by atoms with Gasteiger partial charge in [0.15, 0.2) is 11.5 Å². The van der Waals surface area contributed by atoms with Crippen molar-refractivity contribution in [2.45, 2.75) is 20.0 Å². The molecule has 1 aliphatic heterocycles. The van der Waals surface area contributed by atoms with Gasteiger partial charge in [0.1, 0.15) is 18.8 Å². The fourth-order valence-corrected chi connectivity index (χ4v) is 5.01. The molecule has 3 aromatic rings. The summed E-state index contributed by atoms with van der Waals surface area (Å²) in [6.45, 7) is 1.96. The number of amides is 4. The number of aryl methyl sites for hydroxylation is 1. The van der Waals surface area contributed by atoms with Crippen molar-refractivity contribution in [2.75, 3.05) is 19.0 Å². The zero-order valence-electron chi connectivity index (χ0n) is 20.7. The largest absolute Gasteiger partial charge is 0.493 e. The molecule has 3 aromatic carbocycles. The molecule has 0 unspecified atom stereocenters. The summed E-state index contributed by atoms with van der Waals surface area (Å²) in [4.78, 5) is 39.0. The molecular weight excluding hydrogens is 712 g/mol. The van der Waals surface area contributed by atoms with E-state index in [1.54, 1.807) is 25.3 Å². The second kappa shape index (κ2) is 12.6. The number of imide groups is 1. The predicted octanol–water partition coefficient (Wildman–Crippen LogP) is 5.58. The predicted molar refractivity (Wildman–Crippen MR) is 162 cm³/mol. The third-order valence-electron chi connectivity index (χ3n) is 5.80. The van der Waals surface area contributed by atoms with Crippen LogP contribution >= 0.6 is 45.2 Å². The lowest BCUT2D eigenvalue weighted by Crippen LogP contribution is -2.38. The van der Waals surface area contributed by atoms with Crippen LogP contribution in [0.2, 0.25) is 0 Å². The summed E-state index contributed by atoms with van der Waals surface area (Å²) in [7, 11) is 1.54.